The van der Waals surface area contributed by atoms with E-state index < -0.39 is 5.54 Å². The van der Waals surface area contributed by atoms with E-state index in [1.54, 1.807) is 32.3 Å². The predicted molar refractivity (Wildman–Crippen MR) is 49.2 cm³/mol. The van der Waals surface area contributed by atoms with E-state index in [9.17, 15) is 4.79 Å². The van der Waals surface area contributed by atoms with Crippen LogP contribution >= 0.6 is 0 Å². The summed E-state index contributed by atoms with van der Waals surface area (Å²) in [7, 11) is 1.61. The molecule has 1 aliphatic heterocycles. The minimum atomic E-state index is -0.752. The molecule has 0 saturated carbocycles. The van der Waals surface area contributed by atoms with Crippen LogP contribution in [0.2, 0.25) is 0 Å². The number of hydrogen-bond acceptors (Lipinski definition) is 2. The molecule has 0 spiro atoms. The van der Waals surface area contributed by atoms with Gasteiger partial charge in [-0.3, -0.25) is 9.79 Å². The van der Waals surface area contributed by atoms with Gasteiger partial charge in [0.05, 0.1) is 0 Å². The highest BCUT2D eigenvalue weighted by Crippen LogP contribution is 2.13. The molecule has 0 bridgehead atoms. The fourth-order valence-corrected chi connectivity index (χ4v) is 0.985. The lowest BCUT2D eigenvalue weighted by molar-refractivity contribution is -0.123. The molecule has 3 heteroatoms. The topological polar surface area (TPSA) is 41.5 Å². The maximum absolute atomic E-state index is 11.3. The van der Waals surface area contributed by atoms with E-state index in [4.69, 9.17) is 0 Å². The summed E-state index contributed by atoms with van der Waals surface area (Å²) in [5.41, 5.74) is -0.752. The van der Waals surface area contributed by atoms with Gasteiger partial charge in [0.1, 0.15) is 0 Å². The van der Waals surface area contributed by atoms with E-state index in [0.29, 0.717) is 0 Å². The molecular weight excluding hydrogens is 152 g/mol. The van der Waals surface area contributed by atoms with Crippen LogP contribution in [0, 0.1) is 0 Å². The molecule has 0 saturated heterocycles. The normalized spacial score (nSPS) is 26.8. The van der Waals surface area contributed by atoms with Crippen LogP contribution in [0.25, 0.3) is 0 Å². The Balaban J connectivity index is 2.91. The second kappa shape index (κ2) is 3.34. The van der Waals surface area contributed by atoms with Crippen LogP contribution in [0.3, 0.4) is 0 Å². The number of carbonyl (C=O) groups excluding carboxylic acids is 1. The van der Waals surface area contributed by atoms with E-state index >= 15 is 0 Å². The SMILES string of the molecule is CNC(=O)C1(C)C=CC=CC=N1. The lowest BCUT2D eigenvalue weighted by Gasteiger charge is -2.17. The maximum Gasteiger partial charge on any atom is 0.251 e. The molecule has 0 aliphatic carbocycles. The van der Waals surface area contributed by atoms with Crippen molar-refractivity contribution < 1.29 is 4.79 Å². The lowest BCUT2D eigenvalue weighted by atomic mass is 10.0. The molecule has 0 fully saturated rings. The third-order valence-electron chi connectivity index (χ3n) is 1.76. The Hall–Kier alpha value is -1.38. The Morgan fingerprint density at radius 2 is 2.17 bits per heavy atom. The van der Waals surface area contributed by atoms with Crippen molar-refractivity contribution in [3.63, 3.8) is 0 Å². The zero-order valence-corrected chi connectivity index (χ0v) is 7.24. The van der Waals surface area contributed by atoms with E-state index in [-0.39, 0.29) is 5.91 Å². The molecule has 0 aromatic carbocycles. The Morgan fingerprint density at radius 3 is 2.83 bits per heavy atom. The monoisotopic (exact) mass is 164 g/mol. The van der Waals surface area contributed by atoms with Gasteiger partial charge in [0.25, 0.3) is 5.91 Å². The number of aliphatic imine (C=N–C) groups is 1. The summed E-state index contributed by atoms with van der Waals surface area (Å²) in [6.07, 6.45) is 8.87. The second-order valence-corrected chi connectivity index (χ2v) is 2.75. The number of rotatable bonds is 1. The Labute approximate surface area is 71.9 Å². The molecular formula is C9H12N2O. The van der Waals surface area contributed by atoms with Crippen molar-refractivity contribution >= 4 is 12.1 Å². The van der Waals surface area contributed by atoms with Crippen molar-refractivity contribution in [3.8, 4) is 0 Å². The summed E-state index contributed by atoms with van der Waals surface area (Å²) in [5.74, 6) is -0.0984. The zero-order valence-electron chi connectivity index (χ0n) is 7.24. The van der Waals surface area contributed by atoms with E-state index in [1.165, 1.54) is 0 Å². The number of nitrogens with zero attached hydrogens (tertiary/aromatic N) is 1. The summed E-state index contributed by atoms with van der Waals surface area (Å²) in [4.78, 5) is 15.5. The first-order chi connectivity index (χ1) is 5.69. The molecule has 0 aromatic heterocycles. The van der Waals surface area contributed by atoms with Crippen molar-refractivity contribution in [2.45, 2.75) is 12.5 Å². The molecule has 64 valence electrons. The van der Waals surface area contributed by atoms with Crippen LogP contribution in [0.15, 0.2) is 29.3 Å². The highest BCUT2D eigenvalue weighted by molar-refractivity contribution is 5.91. The van der Waals surface area contributed by atoms with Crippen LogP contribution in [-0.2, 0) is 4.79 Å². The van der Waals surface area contributed by atoms with Gasteiger partial charge in [-0.1, -0.05) is 12.2 Å². The Bertz CT molecular complexity index is 248. The standard InChI is InChI=1S/C9H12N2O/c1-9(8(12)10-2)6-4-3-5-7-11-9/h3-7H,1-2H3,(H,10,12). The summed E-state index contributed by atoms with van der Waals surface area (Å²) < 4.78 is 0. The first-order valence-corrected chi connectivity index (χ1v) is 3.81. The van der Waals surface area contributed by atoms with Crippen LogP contribution in [-0.4, -0.2) is 24.7 Å². The molecule has 1 unspecified atom stereocenters. The molecule has 0 radical (unpaired) electrons. The predicted octanol–water partition coefficient (Wildman–Crippen LogP) is 0.688. The molecule has 0 aromatic rings. The van der Waals surface area contributed by atoms with Gasteiger partial charge in [-0.2, -0.15) is 0 Å². The van der Waals surface area contributed by atoms with Crippen molar-refractivity contribution in [1.29, 1.82) is 0 Å². The molecule has 1 aliphatic rings. The third-order valence-corrected chi connectivity index (χ3v) is 1.76. The van der Waals surface area contributed by atoms with Gasteiger partial charge in [-0.05, 0) is 19.1 Å². The number of likely N-dealkylation sites (N-methyl/N-ethyl adjacent to an activating group) is 1. The van der Waals surface area contributed by atoms with Crippen LogP contribution in [0.1, 0.15) is 6.92 Å². The zero-order chi connectivity index (χ0) is 9.03. The fourth-order valence-electron chi connectivity index (χ4n) is 0.985. The number of amides is 1. The van der Waals surface area contributed by atoms with Crippen LogP contribution in [0.5, 0.6) is 0 Å². The second-order valence-electron chi connectivity index (χ2n) is 2.75. The highest BCUT2D eigenvalue weighted by Gasteiger charge is 2.27. The smallest absolute Gasteiger partial charge is 0.251 e. The average molecular weight is 164 g/mol. The van der Waals surface area contributed by atoms with Crippen LogP contribution in [0.4, 0.5) is 0 Å². The van der Waals surface area contributed by atoms with E-state index in [2.05, 4.69) is 10.3 Å². The van der Waals surface area contributed by atoms with Crippen molar-refractivity contribution in [2.75, 3.05) is 7.05 Å². The quantitative estimate of drug-likeness (QED) is 0.608. The largest absolute Gasteiger partial charge is 0.357 e. The third kappa shape index (κ3) is 1.61. The Morgan fingerprint density at radius 1 is 1.42 bits per heavy atom. The molecule has 1 N–H and O–H groups in total. The molecule has 3 nitrogen and oxygen atoms in total. The number of hydrogen-bond donors (Lipinski definition) is 1. The van der Waals surface area contributed by atoms with Gasteiger partial charge in [0.2, 0.25) is 0 Å². The Kier molecular flexibility index (Phi) is 2.43. The maximum atomic E-state index is 11.3. The van der Waals surface area contributed by atoms with E-state index in [0.717, 1.165) is 0 Å². The number of carbonyl (C=O) groups is 1. The van der Waals surface area contributed by atoms with Gasteiger partial charge in [-0.25, -0.2) is 0 Å². The van der Waals surface area contributed by atoms with Crippen molar-refractivity contribution in [1.82, 2.24) is 5.32 Å². The summed E-state index contributed by atoms with van der Waals surface area (Å²) in [6.45, 7) is 1.77. The minimum absolute atomic E-state index is 0.0984. The minimum Gasteiger partial charge on any atom is -0.357 e. The van der Waals surface area contributed by atoms with Gasteiger partial charge in [-0.15, -0.1) is 0 Å². The van der Waals surface area contributed by atoms with Gasteiger partial charge >= 0.3 is 0 Å². The van der Waals surface area contributed by atoms with Crippen molar-refractivity contribution in [3.05, 3.63) is 24.3 Å². The summed E-state index contributed by atoms with van der Waals surface area (Å²) in [6, 6.07) is 0. The molecule has 12 heavy (non-hydrogen) atoms. The number of allylic oxidation sites excluding steroid dienone is 3. The highest BCUT2D eigenvalue weighted by atomic mass is 16.2. The van der Waals surface area contributed by atoms with Gasteiger partial charge in [0.15, 0.2) is 5.54 Å². The van der Waals surface area contributed by atoms with E-state index in [1.807, 2.05) is 12.2 Å². The first kappa shape index (κ1) is 8.71. The number of nitrogens with one attached hydrogen (secondary N) is 1. The molecule has 1 heterocycles. The summed E-state index contributed by atoms with van der Waals surface area (Å²) in [5, 5.41) is 2.57. The van der Waals surface area contributed by atoms with Crippen LogP contribution < -0.4 is 5.32 Å². The first-order valence-electron chi connectivity index (χ1n) is 3.81. The molecule has 1 atom stereocenters. The average Bonchev–Trinajstić information content (AvgIpc) is 2.29. The van der Waals surface area contributed by atoms with Gasteiger partial charge < -0.3 is 5.32 Å². The molecule has 1 amide bonds. The van der Waals surface area contributed by atoms with Gasteiger partial charge in [0, 0.05) is 13.3 Å². The van der Waals surface area contributed by atoms with Crippen molar-refractivity contribution in [2.24, 2.45) is 4.99 Å². The lowest BCUT2D eigenvalue weighted by Crippen LogP contribution is -2.39. The molecule has 1 rings (SSSR count). The fraction of sp³-hybridized carbons (Fsp3) is 0.333. The summed E-state index contributed by atoms with van der Waals surface area (Å²) >= 11 is 0.